The van der Waals surface area contributed by atoms with Crippen LogP contribution in [0.15, 0.2) is 48.0 Å². The van der Waals surface area contributed by atoms with Crippen LogP contribution in [0.1, 0.15) is 22.8 Å². The molecule has 0 spiro atoms. The molecule has 1 N–H and O–H groups in total. The molecule has 1 amide bonds. The van der Waals surface area contributed by atoms with Crippen LogP contribution in [0.5, 0.6) is 0 Å². The molecule has 0 aliphatic heterocycles. The number of nitrogens with zero attached hydrogens (tertiary/aromatic N) is 2. The second kappa shape index (κ2) is 7.11. The lowest BCUT2D eigenvalue weighted by molar-refractivity contribution is -0.123. The number of amides is 1. The van der Waals surface area contributed by atoms with E-state index in [4.69, 9.17) is 10.00 Å². The van der Waals surface area contributed by atoms with Gasteiger partial charge in [-0.05, 0) is 49.4 Å². The Bertz CT molecular complexity index is 973. The Hall–Kier alpha value is -3.24. The van der Waals surface area contributed by atoms with Gasteiger partial charge in [-0.15, -0.1) is 11.3 Å². The summed E-state index contributed by atoms with van der Waals surface area (Å²) >= 11 is 1.43. The molecule has 2 aromatic carbocycles. The maximum atomic E-state index is 12.2. The Balaban J connectivity index is 1.63. The van der Waals surface area contributed by atoms with Crippen molar-refractivity contribution in [3.8, 4) is 6.07 Å². The van der Waals surface area contributed by atoms with Gasteiger partial charge in [-0.2, -0.15) is 5.26 Å². The lowest BCUT2D eigenvalue weighted by Crippen LogP contribution is -2.30. The zero-order chi connectivity index (χ0) is 17.8. The quantitative estimate of drug-likeness (QED) is 0.728. The SMILES string of the molecule is C[C@@H](OC(=O)c1ccc2ncsc2c1)C(=O)Nc1ccc(C#N)cc1. The van der Waals surface area contributed by atoms with E-state index in [-0.39, 0.29) is 0 Å². The molecule has 3 aromatic rings. The summed E-state index contributed by atoms with van der Waals surface area (Å²) in [4.78, 5) is 28.5. The average molecular weight is 351 g/mol. The van der Waals surface area contributed by atoms with Gasteiger partial charge in [0.1, 0.15) is 0 Å². The van der Waals surface area contributed by atoms with Crippen LogP contribution in [-0.2, 0) is 9.53 Å². The van der Waals surface area contributed by atoms with Crippen LogP contribution >= 0.6 is 11.3 Å². The average Bonchev–Trinajstić information content (AvgIpc) is 3.09. The van der Waals surface area contributed by atoms with Gasteiger partial charge in [0.15, 0.2) is 6.10 Å². The van der Waals surface area contributed by atoms with Crippen LogP contribution in [0.3, 0.4) is 0 Å². The van der Waals surface area contributed by atoms with E-state index in [0.717, 1.165) is 10.2 Å². The van der Waals surface area contributed by atoms with E-state index in [1.54, 1.807) is 48.0 Å². The highest BCUT2D eigenvalue weighted by Crippen LogP contribution is 2.20. The number of carbonyl (C=O) groups is 2. The van der Waals surface area contributed by atoms with Crippen molar-refractivity contribution >= 4 is 39.1 Å². The molecule has 0 radical (unpaired) electrons. The number of thiazole rings is 1. The zero-order valence-electron chi connectivity index (χ0n) is 13.2. The summed E-state index contributed by atoms with van der Waals surface area (Å²) in [7, 11) is 0. The maximum absolute atomic E-state index is 12.2. The number of fused-ring (bicyclic) bond motifs is 1. The highest BCUT2D eigenvalue weighted by Gasteiger charge is 2.19. The van der Waals surface area contributed by atoms with E-state index in [1.807, 2.05) is 6.07 Å². The number of esters is 1. The Morgan fingerprint density at radius 1 is 1.24 bits per heavy atom. The summed E-state index contributed by atoms with van der Waals surface area (Å²) in [6.07, 6.45) is -0.958. The van der Waals surface area contributed by atoms with E-state index < -0.39 is 18.0 Å². The molecule has 1 atom stereocenters. The van der Waals surface area contributed by atoms with Crippen LogP contribution in [-0.4, -0.2) is 23.0 Å². The fraction of sp³-hybridized carbons (Fsp3) is 0.111. The first-order chi connectivity index (χ1) is 12.1. The van der Waals surface area contributed by atoms with Crippen molar-refractivity contribution in [2.45, 2.75) is 13.0 Å². The number of ether oxygens (including phenoxy) is 1. The minimum Gasteiger partial charge on any atom is -0.449 e. The number of hydrogen-bond acceptors (Lipinski definition) is 6. The monoisotopic (exact) mass is 351 g/mol. The third kappa shape index (κ3) is 3.82. The number of hydrogen-bond donors (Lipinski definition) is 1. The van der Waals surface area contributed by atoms with Crippen LogP contribution in [0.25, 0.3) is 10.2 Å². The molecule has 0 bridgehead atoms. The van der Waals surface area contributed by atoms with Gasteiger partial charge in [0.25, 0.3) is 5.91 Å². The Kier molecular flexibility index (Phi) is 4.73. The van der Waals surface area contributed by atoms with Gasteiger partial charge >= 0.3 is 5.97 Å². The molecule has 0 saturated heterocycles. The molecule has 0 fully saturated rings. The van der Waals surface area contributed by atoms with Crippen molar-refractivity contribution in [2.75, 3.05) is 5.32 Å². The van der Waals surface area contributed by atoms with Crippen LogP contribution in [0.4, 0.5) is 5.69 Å². The standard InChI is InChI=1S/C18H13N3O3S/c1-11(17(22)21-14-5-2-12(9-19)3-6-14)24-18(23)13-4-7-15-16(8-13)25-10-20-15/h2-8,10-11H,1H3,(H,21,22)/t11-/m1/s1. The summed E-state index contributed by atoms with van der Waals surface area (Å²) in [5.41, 5.74) is 3.91. The second-order valence-electron chi connectivity index (χ2n) is 5.26. The normalized spacial score (nSPS) is 11.5. The van der Waals surface area contributed by atoms with Crippen LogP contribution in [0, 0.1) is 11.3 Å². The van der Waals surface area contributed by atoms with Crippen molar-refractivity contribution in [2.24, 2.45) is 0 Å². The minimum absolute atomic E-state index is 0.370. The number of aromatic nitrogens is 1. The second-order valence-corrected chi connectivity index (χ2v) is 6.15. The molecule has 6 nitrogen and oxygen atoms in total. The number of benzene rings is 2. The third-order valence-corrected chi connectivity index (χ3v) is 4.29. The van der Waals surface area contributed by atoms with Crippen molar-refractivity contribution in [1.82, 2.24) is 4.98 Å². The summed E-state index contributed by atoms with van der Waals surface area (Å²) in [6.45, 7) is 1.50. The zero-order valence-corrected chi connectivity index (χ0v) is 14.0. The summed E-state index contributed by atoms with van der Waals surface area (Å²) in [5.74, 6) is -1.02. The highest BCUT2D eigenvalue weighted by atomic mass is 32.1. The number of anilines is 1. The van der Waals surface area contributed by atoms with E-state index >= 15 is 0 Å². The topological polar surface area (TPSA) is 92.1 Å². The van der Waals surface area contributed by atoms with Crippen molar-refractivity contribution in [1.29, 1.82) is 5.26 Å². The molecule has 3 rings (SSSR count). The largest absolute Gasteiger partial charge is 0.449 e. The van der Waals surface area contributed by atoms with E-state index in [1.165, 1.54) is 18.3 Å². The molecule has 0 saturated carbocycles. The molecule has 0 unspecified atom stereocenters. The molecule has 124 valence electrons. The first-order valence-corrected chi connectivity index (χ1v) is 8.30. The molecule has 7 heteroatoms. The highest BCUT2D eigenvalue weighted by molar-refractivity contribution is 7.16. The summed E-state index contributed by atoms with van der Waals surface area (Å²) < 4.78 is 6.10. The first-order valence-electron chi connectivity index (χ1n) is 7.42. The molecule has 0 aliphatic carbocycles. The molecular formula is C18H13N3O3S. The van der Waals surface area contributed by atoms with Crippen molar-refractivity contribution in [3.05, 3.63) is 59.1 Å². The van der Waals surface area contributed by atoms with Crippen molar-refractivity contribution < 1.29 is 14.3 Å². The number of rotatable bonds is 4. The Morgan fingerprint density at radius 2 is 2.00 bits per heavy atom. The smallest absolute Gasteiger partial charge is 0.338 e. The van der Waals surface area contributed by atoms with E-state index in [2.05, 4.69) is 10.3 Å². The number of nitriles is 1. The van der Waals surface area contributed by atoms with E-state index in [9.17, 15) is 9.59 Å². The van der Waals surface area contributed by atoms with Gasteiger partial charge in [-0.3, -0.25) is 4.79 Å². The van der Waals surface area contributed by atoms with Gasteiger partial charge in [-0.1, -0.05) is 0 Å². The van der Waals surface area contributed by atoms with Gasteiger partial charge in [0.05, 0.1) is 32.9 Å². The fourth-order valence-electron chi connectivity index (χ4n) is 2.14. The molecule has 0 aliphatic rings. The van der Waals surface area contributed by atoms with Crippen LogP contribution < -0.4 is 5.32 Å². The molecule has 1 heterocycles. The molecule has 1 aromatic heterocycles. The Morgan fingerprint density at radius 3 is 2.72 bits per heavy atom. The van der Waals surface area contributed by atoms with Crippen LogP contribution in [0.2, 0.25) is 0 Å². The van der Waals surface area contributed by atoms with Gasteiger partial charge < -0.3 is 10.1 Å². The van der Waals surface area contributed by atoms with Gasteiger partial charge in [0.2, 0.25) is 0 Å². The van der Waals surface area contributed by atoms with E-state index in [0.29, 0.717) is 16.8 Å². The van der Waals surface area contributed by atoms with Gasteiger partial charge in [0, 0.05) is 5.69 Å². The summed E-state index contributed by atoms with van der Waals surface area (Å²) in [5, 5.41) is 11.4. The third-order valence-electron chi connectivity index (χ3n) is 3.50. The summed E-state index contributed by atoms with van der Waals surface area (Å²) in [6, 6.07) is 13.5. The minimum atomic E-state index is -0.958. The van der Waals surface area contributed by atoms with Gasteiger partial charge in [-0.25, -0.2) is 9.78 Å². The number of nitrogens with one attached hydrogen (secondary N) is 1. The lowest BCUT2D eigenvalue weighted by atomic mass is 10.2. The molecular weight excluding hydrogens is 338 g/mol. The van der Waals surface area contributed by atoms with Crippen molar-refractivity contribution in [3.63, 3.8) is 0 Å². The number of carbonyl (C=O) groups excluding carboxylic acids is 2. The predicted octanol–water partition coefficient (Wildman–Crippen LogP) is 3.35. The molecule has 25 heavy (non-hydrogen) atoms. The lowest BCUT2D eigenvalue weighted by Gasteiger charge is -2.13. The maximum Gasteiger partial charge on any atom is 0.338 e. The first kappa shape index (κ1) is 16.6. The predicted molar refractivity (Wildman–Crippen MR) is 94.3 cm³/mol. The Labute approximate surface area is 147 Å². The fourth-order valence-corrected chi connectivity index (χ4v) is 2.85.